The normalized spacial score (nSPS) is 14.6. The van der Waals surface area contributed by atoms with Crippen molar-refractivity contribution in [3.05, 3.63) is 70.7 Å². The summed E-state index contributed by atoms with van der Waals surface area (Å²) in [7, 11) is 1.75. The fourth-order valence-electron chi connectivity index (χ4n) is 2.57. The lowest BCUT2D eigenvalue weighted by molar-refractivity contribution is -0.278. The molecular weight excluding hydrogens is 401 g/mol. The maximum Gasteiger partial charge on any atom is 0.432 e. The number of benzene rings is 2. The maximum absolute atomic E-state index is 13.9. The highest BCUT2D eigenvalue weighted by Crippen LogP contribution is 2.44. The third-order valence-electron chi connectivity index (χ3n) is 3.99. The molecule has 0 unspecified atom stereocenters. The average molecular weight is 417 g/mol. The highest BCUT2D eigenvalue weighted by atomic mass is 35.5. The lowest BCUT2D eigenvalue weighted by Gasteiger charge is -2.33. The van der Waals surface area contributed by atoms with Crippen molar-refractivity contribution in [1.82, 2.24) is 0 Å². The van der Waals surface area contributed by atoms with E-state index in [0.29, 0.717) is 5.02 Å². The zero-order valence-electron chi connectivity index (χ0n) is 14.8. The van der Waals surface area contributed by atoms with Crippen molar-refractivity contribution in [3.63, 3.8) is 0 Å². The summed E-state index contributed by atoms with van der Waals surface area (Å²) in [5.74, 6) is -2.87. The molecule has 0 aliphatic rings. The zero-order chi connectivity index (χ0) is 20.9. The van der Waals surface area contributed by atoms with Crippen LogP contribution in [0, 0.1) is 0 Å². The molecule has 0 saturated heterocycles. The van der Waals surface area contributed by atoms with Crippen LogP contribution in [0.5, 0.6) is 0 Å². The standard InChI is InChI=1S/C19H16ClF3O5/c1-26-16(24)15(12-8-10-14(20)11-9-12)28-17(25)18(27-2,19(21,22)23)13-6-4-3-5-7-13/h3-11,15H,1-2H3/t15-,18-/m1/s1. The minimum atomic E-state index is -5.17. The average Bonchev–Trinajstić information content (AvgIpc) is 2.67. The fraction of sp³-hybridized carbons (Fsp3) is 0.263. The van der Waals surface area contributed by atoms with Crippen LogP contribution in [0.1, 0.15) is 17.2 Å². The Balaban J connectivity index is 2.51. The second kappa shape index (κ2) is 8.62. The van der Waals surface area contributed by atoms with Crippen LogP contribution in [0.2, 0.25) is 5.02 Å². The van der Waals surface area contributed by atoms with Crippen molar-refractivity contribution in [2.45, 2.75) is 17.9 Å². The van der Waals surface area contributed by atoms with E-state index in [4.69, 9.17) is 16.3 Å². The van der Waals surface area contributed by atoms with Gasteiger partial charge in [0.2, 0.25) is 6.10 Å². The second-order valence-corrected chi connectivity index (χ2v) is 6.05. The van der Waals surface area contributed by atoms with Gasteiger partial charge in [-0.1, -0.05) is 54.1 Å². The number of esters is 2. The molecule has 2 aromatic carbocycles. The molecule has 0 saturated carbocycles. The molecule has 2 aromatic rings. The van der Waals surface area contributed by atoms with Gasteiger partial charge in [0.1, 0.15) is 0 Å². The van der Waals surface area contributed by atoms with Gasteiger partial charge in [0, 0.05) is 23.3 Å². The molecule has 0 aliphatic carbocycles. The lowest BCUT2D eigenvalue weighted by Crippen LogP contribution is -2.52. The van der Waals surface area contributed by atoms with E-state index in [0.717, 1.165) is 26.4 Å². The van der Waals surface area contributed by atoms with Crippen molar-refractivity contribution in [3.8, 4) is 0 Å². The summed E-state index contributed by atoms with van der Waals surface area (Å²) in [6.45, 7) is 0. The molecule has 0 fully saturated rings. The molecule has 28 heavy (non-hydrogen) atoms. The Kier molecular flexibility index (Phi) is 6.69. The SMILES string of the molecule is COC(=O)[C@H](OC(=O)[C@](OC)(c1ccccc1)C(F)(F)F)c1ccc(Cl)cc1. The van der Waals surface area contributed by atoms with Gasteiger partial charge in [-0.2, -0.15) is 13.2 Å². The smallest absolute Gasteiger partial charge is 0.432 e. The van der Waals surface area contributed by atoms with E-state index in [9.17, 15) is 22.8 Å². The minimum absolute atomic E-state index is 0.0878. The highest BCUT2D eigenvalue weighted by Gasteiger charge is 2.64. The van der Waals surface area contributed by atoms with Crippen molar-refractivity contribution in [1.29, 1.82) is 0 Å². The number of carbonyl (C=O) groups is 2. The summed E-state index contributed by atoms with van der Waals surface area (Å²) in [5.41, 5.74) is -3.83. The van der Waals surface area contributed by atoms with Crippen molar-refractivity contribution in [2.24, 2.45) is 0 Å². The molecular formula is C19H16ClF3O5. The lowest BCUT2D eigenvalue weighted by atomic mass is 9.92. The molecule has 0 bridgehead atoms. The molecule has 2 rings (SSSR count). The van der Waals surface area contributed by atoms with E-state index in [2.05, 4.69) is 9.47 Å². The Bertz CT molecular complexity index is 824. The number of ether oxygens (including phenoxy) is 3. The molecule has 0 spiro atoms. The zero-order valence-corrected chi connectivity index (χ0v) is 15.6. The van der Waals surface area contributed by atoms with Gasteiger partial charge >= 0.3 is 18.1 Å². The van der Waals surface area contributed by atoms with Crippen LogP contribution >= 0.6 is 11.6 Å². The molecule has 9 heteroatoms. The maximum atomic E-state index is 13.9. The second-order valence-electron chi connectivity index (χ2n) is 5.61. The monoisotopic (exact) mass is 416 g/mol. The summed E-state index contributed by atoms with van der Waals surface area (Å²) in [6, 6.07) is 11.7. The number of alkyl halides is 3. The molecule has 0 amide bonds. The summed E-state index contributed by atoms with van der Waals surface area (Å²) in [4.78, 5) is 24.8. The first-order valence-electron chi connectivity index (χ1n) is 7.89. The topological polar surface area (TPSA) is 61.8 Å². The number of rotatable bonds is 6. The van der Waals surface area contributed by atoms with E-state index in [1.54, 1.807) is 0 Å². The van der Waals surface area contributed by atoms with Gasteiger partial charge in [-0.3, -0.25) is 0 Å². The number of hydrogen-bond acceptors (Lipinski definition) is 5. The van der Waals surface area contributed by atoms with Crippen molar-refractivity contribution < 1.29 is 37.0 Å². The van der Waals surface area contributed by atoms with Gasteiger partial charge in [-0.25, -0.2) is 9.59 Å². The van der Waals surface area contributed by atoms with Crippen LogP contribution in [0.15, 0.2) is 54.6 Å². The molecule has 0 aliphatic heterocycles. The van der Waals surface area contributed by atoms with E-state index < -0.39 is 35.4 Å². The van der Waals surface area contributed by atoms with Gasteiger partial charge in [0.05, 0.1) is 7.11 Å². The highest BCUT2D eigenvalue weighted by molar-refractivity contribution is 6.30. The third kappa shape index (κ3) is 4.13. The molecule has 0 heterocycles. The Morgan fingerprint density at radius 1 is 0.964 bits per heavy atom. The third-order valence-corrected chi connectivity index (χ3v) is 4.24. The first-order chi connectivity index (χ1) is 13.2. The van der Waals surface area contributed by atoms with Crippen LogP contribution in [-0.4, -0.2) is 32.3 Å². The molecule has 0 N–H and O–H groups in total. The van der Waals surface area contributed by atoms with E-state index in [1.807, 2.05) is 0 Å². The van der Waals surface area contributed by atoms with E-state index in [1.165, 1.54) is 42.5 Å². The largest absolute Gasteiger partial charge is 0.466 e. The molecule has 0 radical (unpaired) electrons. The van der Waals surface area contributed by atoms with E-state index in [-0.39, 0.29) is 5.56 Å². The molecule has 150 valence electrons. The first-order valence-corrected chi connectivity index (χ1v) is 8.27. The van der Waals surface area contributed by atoms with Crippen molar-refractivity contribution >= 4 is 23.5 Å². The number of hydrogen-bond donors (Lipinski definition) is 0. The van der Waals surface area contributed by atoms with Gasteiger partial charge in [-0.05, 0) is 12.1 Å². The number of carbonyl (C=O) groups excluding carboxylic acids is 2. The predicted octanol–water partition coefficient (Wildman–Crippen LogP) is 4.20. The van der Waals surface area contributed by atoms with Gasteiger partial charge in [0.25, 0.3) is 5.60 Å². The van der Waals surface area contributed by atoms with E-state index >= 15 is 0 Å². The summed E-state index contributed by atoms with van der Waals surface area (Å²) in [6.07, 6.45) is -6.91. The molecule has 2 atom stereocenters. The Hall–Kier alpha value is -2.58. The quantitative estimate of drug-likeness (QED) is 0.660. The van der Waals surface area contributed by atoms with Crippen LogP contribution in [0.25, 0.3) is 0 Å². The fourth-order valence-corrected chi connectivity index (χ4v) is 2.70. The number of methoxy groups -OCH3 is 2. The van der Waals surface area contributed by atoms with Crippen molar-refractivity contribution in [2.75, 3.05) is 14.2 Å². The number of halogens is 4. The van der Waals surface area contributed by atoms with Crippen LogP contribution < -0.4 is 0 Å². The van der Waals surface area contributed by atoms with Gasteiger partial charge in [0.15, 0.2) is 0 Å². The Labute approximate surface area is 164 Å². The molecule has 5 nitrogen and oxygen atoms in total. The summed E-state index contributed by atoms with van der Waals surface area (Å²) in [5, 5.41) is 0.324. The van der Waals surface area contributed by atoms with Crippen LogP contribution in [-0.2, 0) is 29.4 Å². The summed E-state index contributed by atoms with van der Waals surface area (Å²) < 4.78 is 56.0. The Morgan fingerprint density at radius 3 is 2.00 bits per heavy atom. The molecule has 0 aromatic heterocycles. The predicted molar refractivity (Wildman–Crippen MR) is 93.5 cm³/mol. The van der Waals surface area contributed by atoms with Crippen LogP contribution in [0.3, 0.4) is 0 Å². The van der Waals surface area contributed by atoms with Crippen LogP contribution in [0.4, 0.5) is 13.2 Å². The Morgan fingerprint density at radius 2 is 1.54 bits per heavy atom. The first kappa shape index (κ1) is 21.7. The van der Waals surface area contributed by atoms with Gasteiger partial charge in [-0.15, -0.1) is 0 Å². The van der Waals surface area contributed by atoms with Gasteiger partial charge < -0.3 is 14.2 Å². The summed E-state index contributed by atoms with van der Waals surface area (Å²) >= 11 is 5.78. The minimum Gasteiger partial charge on any atom is -0.466 e.